The Morgan fingerprint density at radius 2 is 1.78 bits per heavy atom. The van der Waals surface area contributed by atoms with Crippen molar-refractivity contribution >= 4 is 58.0 Å². The lowest BCUT2D eigenvalue weighted by Gasteiger charge is -2.11. The summed E-state index contributed by atoms with van der Waals surface area (Å²) >= 11 is 18.1. The summed E-state index contributed by atoms with van der Waals surface area (Å²) in [6.45, 7) is 0. The molecule has 2 aromatic heterocycles. The Hall–Kier alpha value is -3.13. The lowest BCUT2D eigenvalue weighted by atomic mass is 10.1. The van der Waals surface area contributed by atoms with E-state index >= 15 is 0 Å². The number of nitrogens with one attached hydrogen (secondary N) is 1. The van der Waals surface area contributed by atoms with Crippen molar-refractivity contribution in [1.82, 2.24) is 14.4 Å². The van der Waals surface area contributed by atoms with Crippen molar-refractivity contribution in [3.63, 3.8) is 0 Å². The zero-order valence-electron chi connectivity index (χ0n) is 16.3. The molecule has 0 aliphatic carbocycles. The highest BCUT2D eigenvalue weighted by atomic mass is 35.5. The van der Waals surface area contributed by atoms with Gasteiger partial charge in [-0.15, -0.1) is 0 Å². The van der Waals surface area contributed by atoms with Crippen LogP contribution in [0.4, 0.5) is 5.69 Å². The largest absolute Gasteiger partial charge is 0.481 e. The van der Waals surface area contributed by atoms with Gasteiger partial charge in [-0.05, 0) is 35.9 Å². The molecule has 162 valence electrons. The Kier molecular flexibility index (Phi) is 6.32. The van der Waals surface area contributed by atoms with Crippen LogP contribution in [-0.2, 0) is 17.6 Å². The van der Waals surface area contributed by atoms with Gasteiger partial charge in [-0.1, -0.05) is 46.9 Å². The Morgan fingerprint density at radius 1 is 1.03 bits per heavy atom. The number of nitrogens with zero attached hydrogens (tertiary/aromatic N) is 3. The van der Waals surface area contributed by atoms with Gasteiger partial charge < -0.3 is 10.4 Å². The first-order chi connectivity index (χ1) is 15.3. The second kappa shape index (κ2) is 9.16. The summed E-state index contributed by atoms with van der Waals surface area (Å²) in [4.78, 5) is 32.2. The van der Waals surface area contributed by atoms with E-state index in [1.807, 2.05) is 12.1 Å². The molecule has 32 heavy (non-hydrogen) atoms. The molecule has 2 heterocycles. The number of aliphatic carboxylic acids is 1. The fourth-order valence-electron chi connectivity index (χ4n) is 3.22. The number of hydrogen-bond acceptors (Lipinski definition) is 4. The molecular weight excluding hydrogens is 475 g/mol. The fourth-order valence-corrected chi connectivity index (χ4v) is 3.77. The minimum Gasteiger partial charge on any atom is -0.481 e. The molecular formula is C22H15Cl3N4O3. The van der Waals surface area contributed by atoms with Crippen LogP contribution in [-0.4, -0.2) is 31.4 Å². The number of rotatable bonds is 6. The number of carboxylic acids is 1. The molecule has 0 saturated carbocycles. The SMILES string of the molecule is O=C(O)Cc1c(Cl)nc(Cc2ccc(NC(=O)c3ccc(Cl)c(Cl)c3)cc2)n2ccnc12. The normalized spacial score (nSPS) is 11.0. The average Bonchev–Trinajstić information content (AvgIpc) is 3.24. The van der Waals surface area contributed by atoms with Gasteiger partial charge in [0.05, 0.1) is 16.5 Å². The van der Waals surface area contributed by atoms with E-state index in [-0.39, 0.29) is 17.5 Å². The Bertz CT molecular complexity index is 1340. The summed E-state index contributed by atoms with van der Waals surface area (Å²) in [6.07, 6.45) is 3.45. The standard InChI is InChI=1S/C22H15Cl3N4O3/c23-16-6-3-13(10-17(16)24)22(32)27-14-4-1-12(2-5-14)9-18-28-20(25)15(11-19(30)31)21-26-7-8-29(18)21/h1-8,10H,9,11H2,(H,27,32)(H,30,31). The number of carbonyl (C=O) groups excluding carboxylic acids is 1. The highest BCUT2D eigenvalue weighted by Crippen LogP contribution is 2.24. The number of carboxylic acid groups (broad SMARTS) is 1. The zero-order valence-corrected chi connectivity index (χ0v) is 18.6. The smallest absolute Gasteiger partial charge is 0.308 e. The van der Waals surface area contributed by atoms with Gasteiger partial charge >= 0.3 is 5.97 Å². The monoisotopic (exact) mass is 488 g/mol. The van der Waals surface area contributed by atoms with Crippen molar-refractivity contribution in [1.29, 1.82) is 0 Å². The summed E-state index contributed by atoms with van der Waals surface area (Å²) in [7, 11) is 0. The van der Waals surface area contributed by atoms with Gasteiger partial charge in [0.25, 0.3) is 5.91 Å². The number of imidazole rings is 1. The molecule has 0 atom stereocenters. The predicted molar refractivity (Wildman–Crippen MR) is 123 cm³/mol. The van der Waals surface area contributed by atoms with Crippen LogP contribution in [0.1, 0.15) is 27.3 Å². The number of carbonyl (C=O) groups is 2. The molecule has 0 unspecified atom stereocenters. The molecule has 0 radical (unpaired) electrons. The van der Waals surface area contributed by atoms with Crippen molar-refractivity contribution in [2.75, 3.05) is 5.32 Å². The van der Waals surface area contributed by atoms with E-state index in [0.717, 1.165) is 5.56 Å². The topological polar surface area (TPSA) is 96.6 Å². The van der Waals surface area contributed by atoms with E-state index in [2.05, 4.69) is 15.3 Å². The summed E-state index contributed by atoms with van der Waals surface area (Å²) in [5.74, 6) is -0.701. The van der Waals surface area contributed by atoms with Crippen LogP contribution >= 0.6 is 34.8 Å². The number of amides is 1. The zero-order chi connectivity index (χ0) is 22.8. The second-order valence-corrected chi connectivity index (χ2v) is 8.12. The van der Waals surface area contributed by atoms with Crippen LogP contribution in [0.25, 0.3) is 5.65 Å². The van der Waals surface area contributed by atoms with E-state index in [0.29, 0.717) is 44.8 Å². The van der Waals surface area contributed by atoms with E-state index < -0.39 is 5.97 Å². The summed E-state index contributed by atoms with van der Waals surface area (Å²) in [5, 5.41) is 12.7. The molecule has 10 heteroatoms. The maximum Gasteiger partial charge on any atom is 0.308 e. The third-order valence-corrected chi connectivity index (χ3v) is 5.80. The molecule has 0 fully saturated rings. The van der Waals surface area contributed by atoms with E-state index in [4.69, 9.17) is 39.9 Å². The number of benzene rings is 2. The number of halogens is 3. The van der Waals surface area contributed by atoms with Crippen molar-refractivity contribution in [3.8, 4) is 0 Å². The van der Waals surface area contributed by atoms with Gasteiger partial charge in [0.2, 0.25) is 0 Å². The Balaban J connectivity index is 1.52. The van der Waals surface area contributed by atoms with E-state index in [1.165, 1.54) is 6.07 Å². The number of hydrogen-bond donors (Lipinski definition) is 2. The minimum atomic E-state index is -1.01. The van der Waals surface area contributed by atoms with Crippen molar-refractivity contribution < 1.29 is 14.7 Å². The first kappa shape index (κ1) is 22.1. The van der Waals surface area contributed by atoms with Gasteiger partial charge in [-0.2, -0.15) is 0 Å². The molecule has 2 aromatic carbocycles. The molecule has 1 amide bonds. The molecule has 0 aliphatic heterocycles. The van der Waals surface area contributed by atoms with E-state index in [1.54, 1.807) is 41.1 Å². The van der Waals surface area contributed by atoms with Crippen LogP contribution in [0.3, 0.4) is 0 Å². The molecule has 2 N–H and O–H groups in total. The van der Waals surface area contributed by atoms with Gasteiger partial charge in [-0.3, -0.25) is 14.0 Å². The summed E-state index contributed by atoms with van der Waals surface area (Å²) in [6, 6.07) is 11.9. The van der Waals surface area contributed by atoms with Crippen molar-refractivity contribution in [2.24, 2.45) is 0 Å². The van der Waals surface area contributed by atoms with E-state index in [9.17, 15) is 9.59 Å². The maximum atomic E-state index is 12.4. The van der Waals surface area contributed by atoms with Gasteiger partial charge in [0.1, 0.15) is 16.6 Å². The lowest BCUT2D eigenvalue weighted by molar-refractivity contribution is -0.136. The number of fused-ring (bicyclic) bond motifs is 1. The van der Waals surface area contributed by atoms with Crippen molar-refractivity contribution in [3.05, 3.63) is 92.6 Å². The Morgan fingerprint density at radius 3 is 2.47 bits per heavy atom. The minimum absolute atomic E-state index is 0.117. The lowest BCUT2D eigenvalue weighted by Crippen LogP contribution is -2.12. The number of aromatic nitrogens is 3. The third kappa shape index (κ3) is 4.70. The second-order valence-electron chi connectivity index (χ2n) is 6.95. The summed E-state index contributed by atoms with van der Waals surface area (Å²) in [5.41, 5.74) is 2.76. The number of anilines is 1. The molecule has 4 aromatic rings. The molecule has 4 rings (SSSR count). The molecule has 0 bridgehead atoms. The van der Waals surface area contributed by atoms with Gasteiger partial charge in [-0.25, -0.2) is 9.97 Å². The average molecular weight is 490 g/mol. The highest BCUT2D eigenvalue weighted by molar-refractivity contribution is 6.42. The quantitative estimate of drug-likeness (QED) is 0.365. The first-order valence-corrected chi connectivity index (χ1v) is 10.5. The molecule has 0 saturated heterocycles. The molecule has 7 nitrogen and oxygen atoms in total. The summed E-state index contributed by atoms with van der Waals surface area (Å²) < 4.78 is 1.73. The van der Waals surface area contributed by atoms with Crippen LogP contribution in [0.5, 0.6) is 0 Å². The fraction of sp³-hybridized carbons (Fsp3) is 0.0909. The first-order valence-electron chi connectivity index (χ1n) is 9.39. The van der Waals surface area contributed by atoms with Crippen molar-refractivity contribution in [2.45, 2.75) is 12.8 Å². The highest BCUT2D eigenvalue weighted by Gasteiger charge is 2.17. The van der Waals surface area contributed by atoms with Crippen LogP contribution in [0, 0.1) is 0 Å². The third-order valence-electron chi connectivity index (χ3n) is 4.75. The van der Waals surface area contributed by atoms with Crippen LogP contribution < -0.4 is 5.32 Å². The molecule has 0 aliphatic rings. The maximum absolute atomic E-state index is 12.4. The predicted octanol–water partition coefficient (Wildman–Crippen LogP) is 5.16. The van der Waals surface area contributed by atoms with Gasteiger partial charge in [0.15, 0.2) is 0 Å². The molecule has 0 spiro atoms. The van der Waals surface area contributed by atoms with Crippen LogP contribution in [0.2, 0.25) is 15.2 Å². The Labute approximate surface area is 197 Å². The van der Waals surface area contributed by atoms with Gasteiger partial charge in [0, 0.05) is 35.6 Å². The van der Waals surface area contributed by atoms with Crippen LogP contribution in [0.15, 0.2) is 54.9 Å².